The normalized spacial score (nSPS) is 16.9. The maximum absolute atomic E-state index is 12.1. The summed E-state index contributed by atoms with van der Waals surface area (Å²) in [5, 5.41) is 0. The van der Waals surface area contributed by atoms with Gasteiger partial charge in [0.1, 0.15) is 0 Å². The topological polar surface area (TPSA) is 62.3 Å². The highest BCUT2D eigenvalue weighted by atomic mass is 32.2. The molecule has 0 saturated heterocycles. The molecule has 0 spiro atoms. The smallest absolute Gasteiger partial charge is 0.261 e. The Morgan fingerprint density at radius 2 is 2.10 bits per heavy atom. The van der Waals surface area contributed by atoms with Gasteiger partial charge in [0, 0.05) is 31.5 Å². The quantitative estimate of drug-likeness (QED) is 0.780. The fourth-order valence-corrected chi connectivity index (χ4v) is 3.79. The molecule has 1 aromatic rings. The molecule has 6 heteroatoms. The summed E-state index contributed by atoms with van der Waals surface area (Å²) in [7, 11) is -1.66. The van der Waals surface area contributed by atoms with E-state index in [1.807, 2.05) is 18.2 Å². The fourth-order valence-electron chi connectivity index (χ4n) is 2.58. The SMILES string of the molecule is CN(C1CCCC1)S(=O)(=O)NCCCc1ccccn1. The van der Waals surface area contributed by atoms with Crippen molar-refractivity contribution in [2.45, 2.75) is 44.6 Å². The third-order valence-corrected chi connectivity index (χ3v) is 5.46. The third-order valence-electron chi connectivity index (χ3n) is 3.84. The molecular weight excluding hydrogens is 274 g/mol. The predicted molar refractivity (Wildman–Crippen MR) is 79.5 cm³/mol. The zero-order valence-corrected chi connectivity index (χ0v) is 12.8. The van der Waals surface area contributed by atoms with Crippen molar-refractivity contribution < 1.29 is 8.42 Å². The Balaban J connectivity index is 1.74. The van der Waals surface area contributed by atoms with Gasteiger partial charge in [-0.25, -0.2) is 4.72 Å². The van der Waals surface area contributed by atoms with Gasteiger partial charge in [-0.3, -0.25) is 4.98 Å². The molecule has 0 unspecified atom stereocenters. The summed E-state index contributed by atoms with van der Waals surface area (Å²) in [5.74, 6) is 0. The van der Waals surface area contributed by atoms with E-state index >= 15 is 0 Å². The van der Waals surface area contributed by atoms with E-state index in [0.717, 1.165) is 44.2 Å². The second-order valence-electron chi connectivity index (χ2n) is 5.28. The first-order valence-corrected chi connectivity index (χ1v) is 8.66. The minimum absolute atomic E-state index is 0.170. The van der Waals surface area contributed by atoms with Gasteiger partial charge in [0.05, 0.1) is 0 Å². The molecule has 0 aliphatic heterocycles. The van der Waals surface area contributed by atoms with Crippen molar-refractivity contribution in [3.63, 3.8) is 0 Å². The molecule has 2 rings (SSSR count). The van der Waals surface area contributed by atoms with Gasteiger partial charge in [-0.15, -0.1) is 0 Å². The van der Waals surface area contributed by atoms with Crippen LogP contribution < -0.4 is 4.72 Å². The summed E-state index contributed by atoms with van der Waals surface area (Å²) in [5.41, 5.74) is 0.996. The van der Waals surface area contributed by atoms with E-state index in [2.05, 4.69) is 9.71 Å². The minimum atomic E-state index is -3.34. The largest absolute Gasteiger partial charge is 0.279 e. The summed E-state index contributed by atoms with van der Waals surface area (Å²) in [6.45, 7) is 0.454. The number of pyridine rings is 1. The van der Waals surface area contributed by atoms with Crippen LogP contribution in [-0.2, 0) is 16.6 Å². The van der Waals surface area contributed by atoms with Crippen LogP contribution >= 0.6 is 0 Å². The van der Waals surface area contributed by atoms with Gasteiger partial charge in [-0.2, -0.15) is 12.7 Å². The summed E-state index contributed by atoms with van der Waals surface area (Å²) >= 11 is 0. The summed E-state index contributed by atoms with van der Waals surface area (Å²) in [6, 6.07) is 5.95. The number of rotatable bonds is 7. The molecular formula is C14H23N3O2S. The van der Waals surface area contributed by atoms with Crippen LogP contribution in [0.15, 0.2) is 24.4 Å². The average Bonchev–Trinajstić information content (AvgIpc) is 2.98. The van der Waals surface area contributed by atoms with Crippen LogP contribution in [0, 0.1) is 0 Å². The highest BCUT2D eigenvalue weighted by Gasteiger charge is 2.27. The number of aromatic nitrogens is 1. The molecule has 1 aromatic heterocycles. The maximum atomic E-state index is 12.1. The Labute approximate surface area is 121 Å². The maximum Gasteiger partial charge on any atom is 0.279 e. The number of hydrogen-bond acceptors (Lipinski definition) is 3. The van der Waals surface area contributed by atoms with Crippen LogP contribution in [0.25, 0.3) is 0 Å². The monoisotopic (exact) mass is 297 g/mol. The average molecular weight is 297 g/mol. The summed E-state index contributed by atoms with van der Waals surface area (Å²) in [6.07, 6.45) is 7.52. The van der Waals surface area contributed by atoms with Crippen molar-refractivity contribution in [3.05, 3.63) is 30.1 Å². The summed E-state index contributed by atoms with van der Waals surface area (Å²) in [4.78, 5) is 4.22. The van der Waals surface area contributed by atoms with Gasteiger partial charge in [0.25, 0.3) is 10.2 Å². The van der Waals surface area contributed by atoms with E-state index < -0.39 is 10.2 Å². The molecule has 1 saturated carbocycles. The van der Waals surface area contributed by atoms with E-state index in [1.54, 1.807) is 13.2 Å². The van der Waals surface area contributed by atoms with Crippen molar-refractivity contribution in [1.29, 1.82) is 0 Å². The van der Waals surface area contributed by atoms with Gasteiger partial charge >= 0.3 is 0 Å². The highest BCUT2D eigenvalue weighted by Crippen LogP contribution is 2.23. The number of nitrogens with zero attached hydrogens (tertiary/aromatic N) is 2. The van der Waals surface area contributed by atoms with Gasteiger partial charge in [0.2, 0.25) is 0 Å². The lowest BCUT2D eigenvalue weighted by molar-refractivity contribution is 0.366. The van der Waals surface area contributed by atoms with Crippen molar-refractivity contribution in [3.8, 4) is 0 Å². The molecule has 0 radical (unpaired) electrons. The molecule has 0 amide bonds. The van der Waals surface area contributed by atoms with E-state index in [1.165, 1.54) is 4.31 Å². The van der Waals surface area contributed by atoms with Crippen LogP contribution in [0.4, 0.5) is 0 Å². The van der Waals surface area contributed by atoms with E-state index in [-0.39, 0.29) is 6.04 Å². The Kier molecular flexibility index (Phi) is 5.51. The standard InChI is InChI=1S/C14H23N3O2S/c1-17(14-9-2-3-10-14)20(18,19)16-12-6-8-13-7-4-5-11-15-13/h4-5,7,11,14,16H,2-3,6,8-10,12H2,1H3. The van der Waals surface area contributed by atoms with E-state index in [0.29, 0.717) is 6.54 Å². The lowest BCUT2D eigenvalue weighted by Crippen LogP contribution is -2.43. The zero-order chi connectivity index (χ0) is 14.4. The molecule has 112 valence electrons. The van der Waals surface area contributed by atoms with E-state index in [4.69, 9.17) is 0 Å². The van der Waals surface area contributed by atoms with Gasteiger partial charge in [-0.05, 0) is 37.8 Å². The second kappa shape index (κ2) is 7.15. The second-order valence-corrected chi connectivity index (χ2v) is 7.09. The fraction of sp³-hybridized carbons (Fsp3) is 0.643. The van der Waals surface area contributed by atoms with Gasteiger partial charge in [-0.1, -0.05) is 18.9 Å². The molecule has 1 aliphatic rings. The first-order valence-electron chi connectivity index (χ1n) is 7.22. The third kappa shape index (κ3) is 4.26. The van der Waals surface area contributed by atoms with Crippen LogP contribution in [0.3, 0.4) is 0 Å². The number of hydrogen-bond donors (Lipinski definition) is 1. The first kappa shape index (κ1) is 15.4. The van der Waals surface area contributed by atoms with Crippen molar-refractivity contribution >= 4 is 10.2 Å². The molecule has 1 heterocycles. The highest BCUT2D eigenvalue weighted by molar-refractivity contribution is 7.87. The van der Waals surface area contributed by atoms with Gasteiger partial charge < -0.3 is 0 Å². The van der Waals surface area contributed by atoms with Crippen LogP contribution in [0.5, 0.6) is 0 Å². The molecule has 0 bridgehead atoms. The molecule has 1 aliphatic carbocycles. The molecule has 0 atom stereocenters. The molecule has 20 heavy (non-hydrogen) atoms. The molecule has 5 nitrogen and oxygen atoms in total. The Morgan fingerprint density at radius 3 is 2.75 bits per heavy atom. The van der Waals surface area contributed by atoms with E-state index in [9.17, 15) is 8.42 Å². The minimum Gasteiger partial charge on any atom is -0.261 e. The van der Waals surface area contributed by atoms with Crippen LogP contribution in [0.1, 0.15) is 37.8 Å². The van der Waals surface area contributed by atoms with Crippen LogP contribution in [0.2, 0.25) is 0 Å². The lowest BCUT2D eigenvalue weighted by atomic mass is 10.2. The molecule has 0 aromatic carbocycles. The van der Waals surface area contributed by atoms with Crippen molar-refractivity contribution in [2.75, 3.05) is 13.6 Å². The zero-order valence-electron chi connectivity index (χ0n) is 12.0. The number of aryl methyl sites for hydroxylation is 1. The first-order chi connectivity index (χ1) is 9.59. The summed E-state index contributed by atoms with van der Waals surface area (Å²) < 4.78 is 28.4. The Morgan fingerprint density at radius 1 is 1.35 bits per heavy atom. The predicted octanol–water partition coefficient (Wildman–Crippen LogP) is 1.72. The number of nitrogens with one attached hydrogen (secondary N) is 1. The van der Waals surface area contributed by atoms with Crippen molar-refractivity contribution in [2.24, 2.45) is 0 Å². The Hall–Kier alpha value is -0.980. The lowest BCUT2D eigenvalue weighted by Gasteiger charge is -2.23. The van der Waals surface area contributed by atoms with Crippen LogP contribution in [-0.4, -0.2) is 37.3 Å². The Bertz CT molecular complexity index is 498. The van der Waals surface area contributed by atoms with Gasteiger partial charge in [0.15, 0.2) is 0 Å². The molecule has 1 N–H and O–H groups in total. The molecule has 1 fully saturated rings. The van der Waals surface area contributed by atoms with Crippen molar-refractivity contribution in [1.82, 2.24) is 14.0 Å².